The van der Waals surface area contributed by atoms with Gasteiger partial charge >= 0.3 is 0 Å². The number of anilines is 1. The Morgan fingerprint density at radius 3 is 2.81 bits per heavy atom. The molecular formula is C16H26N4O. The van der Waals surface area contributed by atoms with Gasteiger partial charge in [-0.2, -0.15) is 0 Å². The summed E-state index contributed by atoms with van der Waals surface area (Å²) in [5.74, 6) is 0.733. The number of aromatic nitrogens is 1. The number of pyridine rings is 1. The van der Waals surface area contributed by atoms with Crippen LogP contribution in [0.2, 0.25) is 0 Å². The number of hydrogen-bond donors (Lipinski definition) is 2. The summed E-state index contributed by atoms with van der Waals surface area (Å²) >= 11 is 0. The summed E-state index contributed by atoms with van der Waals surface area (Å²) in [4.78, 5) is 19.0. The van der Waals surface area contributed by atoms with E-state index < -0.39 is 0 Å². The molecule has 1 fully saturated rings. The monoisotopic (exact) mass is 290 g/mol. The Kier molecular flexibility index (Phi) is 5.56. The van der Waals surface area contributed by atoms with Crippen LogP contribution in [0.15, 0.2) is 12.1 Å². The fourth-order valence-electron chi connectivity index (χ4n) is 2.38. The molecule has 1 amide bonds. The summed E-state index contributed by atoms with van der Waals surface area (Å²) < 4.78 is 0. The number of aryl methyl sites for hydroxylation is 1. The Balaban J connectivity index is 1.92. The van der Waals surface area contributed by atoms with E-state index in [9.17, 15) is 4.79 Å². The standard InChI is InChI=1S/C16H26N4O/c1-4-5-13-10-12(11-15(17-2)19-13)16(21)18-8-9-20(3)14-6-7-14/h10-11,14H,4-9H2,1-3H3,(H,17,19)(H,18,21). The average Bonchev–Trinajstić information content (AvgIpc) is 3.31. The number of carbonyl (C=O) groups excluding carboxylic acids is 1. The number of rotatable bonds is 8. The predicted octanol–water partition coefficient (Wildman–Crippen LogP) is 1.90. The first-order valence-electron chi connectivity index (χ1n) is 7.81. The normalized spacial score (nSPS) is 14.3. The Labute approximate surface area is 127 Å². The van der Waals surface area contributed by atoms with Gasteiger partial charge in [0.2, 0.25) is 0 Å². The molecule has 1 aliphatic rings. The molecule has 0 atom stereocenters. The van der Waals surface area contributed by atoms with E-state index in [0.29, 0.717) is 12.1 Å². The third-order valence-electron chi connectivity index (χ3n) is 3.82. The van der Waals surface area contributed by atoms with Crippen molar-refractivity contribution >= 4 is 11.7 Å². The second kappa shape index (κ2) is 7.41. The van der Waals surface area contributed by atoms with Gasteiger partial charge in [-0.1, -0.05) is 13.3 Å². The van der Waals surface area contributed by atoms with E-state index in [4.69, 9.17) is 0 Å². The van der Waals surface area contributed by atoms with E-state index in [1.165, 1.54) is 12.8 Å². The molecule has 0 aliphatic heterocycles. The molecule has 0 saturated heterocycles. The molecule has 0 bridgehead atoms. The first-order chi connectivity index (χ1) is 10.1. The Morgan fingerprint density at radius 1 is 1.43 bits per heavy atom. The molecule has 0 unspecified atom stereocenters. The highest BCUT2D eigenvalue weighted by atomic mass is 16.1. The van der Waals surface area contributed by atoms with Crippen LogP contribution in [0.3, 0.4) is 0 Å². The number of nitrogens with zero attached hydrogens (tertiary/aromatic N) is 2. The lowest BCUT2D eigenvalue weighted by atomic mass is 10.1. The van der Waals surface area contributed by atoms with E-state index in [-0.39, 0.29) is 5.91 Å². The van der Waals surface area contributed by atoms with E-state index in [0.717, 1.165) is 36.9 Å². The fourth-order valence-corrected chi connectivity index (χ4v) is 2.38. The van der Waals surface area contributed by atoms with Gasteiger partial charge in [0.05, 0.1) is 0 Å². The quantitative estimate of drug-likeness (QED) is 0.768. The Hall–Kier alpha value is -1.62. The van der Waals surface area contributed by atoms with E-state index in [2.05, 4.69) is 34.5 Å². The molecule has 1 aromatic heterocycles. The zero-order valence-electron chi connectivity index (χ0n) is 13.3. The van der Waals surface area contributed by atoms with Crippen molar-refractivity contribution < 1.29 is 4.79 Å². The van der Waals surface area contributed by atoms with Crippen LogP contribution < -0.4 is 10.6 Å². The maximum atomic E-state index is 12.3. The Bertz CT molecular complexity index is 485. The van der Waals surface area contributed by atoms with Gasteiger partial charge in [0.25, 0.3) is 5.91 Å². The zero-order chi connectivity index (χ0) is 15.2. The van der Waals surface area contributed by atoms with Crippen LogP contribution in [-0.4, -0.2) is 49.0 Å². The second-order valence-electron chi connectivity index (χ2n) is 5.70. The predicted molar refractivity (Wildman–Crippen MR) is 85.8 cm³/mol. The topological polar surface area (TPSA) is 57.3 Å². The van der Waals surface area contributed by atoms with Gasteiger partial charge < -0.3 is 15.5 Å². The largest absolute Gasteiger partial charge is 0.373 e. The minimum absolute atomic E-state index is 0.0181. The first-order valence-corrected chi connectivity index (χ1v) is 7.81. The van der Waals surface area contributed by atoms with Crippen LogP contribution in [-0.2, 0) is 6.42 Å². The molecule has 2 rings (SSSR count). The summed E-state index contributed by atoms with van der Waals surface area (Å²) in [6, 6.07) is 4.43. The molecule has 1 aromatic rings. The van der Waals surface area contributed by atoms with Gasteiger partial charge in [-0.15, -0.1) is 0 Å². The average molecular weight is 290 g/mol. The minimum atomic E-state index is -0.0181. The van der Waals surface area contributed by atoms with Crippen molar-refractivity contribution in [1.29, 1.82) is 0 Å². The summed E-state index contributed by atoms with van der Waals surface area (Å²) in [7, 11) is 3.94. The van der Waals surface area contributed by atoms with Crippen molar-refractivity contribution in [3.63, 3.8) is 0 Å². The zero-order valence-corrected chi connectivity index (χ0v) is 13.3. The number of likely N-dealkylation sites (N-methyl/N-ethyl adjacent to an activating group) is 1. The van der Waals surface area contributed by atoms with Crippen molar-refractivity contribution in [3.8, 4) is 0 Å². The van der Waals surface area contributed by atoms with Crippen LogP contribution in [0.5, 0.6) is 0 Å². The third kappa shape index (κ3) is 4.70. The lowest BCUT2D eigenvalue weighted by Crippen LogP contribution is -2.34. The molecular weight excluding hydrogens is 264 g/mol. The molecule has 0 spiro atoms. The van der Waals surface area contributed by atoms with Crippen molar-refractivity contribution in [2.45, 2.75) is 38.6 Å². The van der Waals surface area contributed by atoms with Gasteiger partial charge in [0.15, 0.2) is 0 Å². The SMILES string of the molecule is CCCc1cc(C(=O)NCCN(C)C2CC2)cc(NC)n1. The lowest BCUT2D eigenvalue weighted by Gasteiger charge is -2.16. The molecule has 2 N–H and O–H groups in total. The maximum absolute atomic E-state index is 12.3. The second-order valence-corrected chi connectivity index (χ2v) is 5.70. The summed E-state index contributed by atoms with van der Waals surface area (Å²) in [6.07, 6.45) is 4.50. The molecule has 0 aromatic carbocycles. The van der Waals surface area contributed by atoms with Crippen molar-refractivity contribution in [2.75, 3.05) is 32.5 Å². The third-order valence-corrected chi connectivity index (χ3v) is 3.82. The van der Waals surface area contributed by atoms with Gasteiger partial charge in [-0.05, 0) is 38.4 Å². The summed E-state index contributed by atoms with van der Waals surface area (Å²) in [6.45, 7) is 3.70. The summed E-state index contributed by atoms with van der Waals surface area (Å²) in [5, 5.41) is 6.02. The molecule has 1 heterocycles. The molecule has 1 aliphatic carbocycles. The van der Waals surface area contributed by atoms with Gasteiger partial charge in [0, 0.05) is 37.4 Å². The van der Waals surface area contributed by atoms with Crippen LogP contribution in [0.25, 0.3) is 0 Å². The van der Waals surface area contributed by atoms with Crippen LogP contribution in [0.1, 0.15) is 42.2 Å². The van der Waals surface area contributed by atoms with Crippen molar-refractivity contribution in [1.82, 2.24) is 15.2 Å². The molecule has 5 nitrogen and oxygen atoms in total. The fraction of sp³-hybridized carbons (Fsp3) is 0.625. The molecule has 5 heteroatoms. The van der Waals surface area contributed by atoms with E-state index in [1.54, 1.807) is 6.07 Å². The molecule has 1 saturated carbocycles. The lowest BCUT2D eigenvalue weighted by molar-refractivity contribution is 0.0949. The van der Waals surface area contributed by atoms with Gasteiger partial charge in [-0.25, -0.2) is 4.98 Å². The van der Waals surface area contributed by atoms with Crippen molar-refractivity contribution in [3.05, 3.63) is 23.4 Å². The van der Waals surface area contributed by atoms with Crippen LogP contribution >= 0.6 is 0 Å². The van der Waals surface area contributed by atoms with Gasteiger partial charge in [0.1, 0.15) is 5.82 Å². The number of nitrogens with one attached hydrogen (secondary N) is 2. The highest BCUT2D eigenvalue weighted by Crippen LogP contribution is 2.24. The van der Waals surface area contributed by atoms with Gasteiger partial charge in [-0.3, -0.25) is 4.79 Å². The first kappa shape index (κ1) is 15.8. The molecule has 21 heavy (non-hydrogen) atoms. The van der Waals surface area contributed by atoms with E-state index >= 15 is 0 Å². The smallest absolute Gasteiger partial charge is 0.251 e. The number of carbonyl (C=O) groups is 1. The number of amides is 1. The molecule has 0 radical (unpaired) electrons. The molecule has 116 valence electrons. The van der Waals surface area contributed by atoms with Crippen molar-refractivity contribution in [2.24, 2.45) is 0 Å². The van der Waals surface area contributed by atoms with Crippen LogP contribution in [0.4, 0.5) is 5.82 Å². The van der Waals surface area contributed by atoms with E-state index in [1.807, 2.05) is 13.1 Å². The van der Waals surface area contributed by atoms with Crippen LogP contribution in [0, 0.1) is 0 Å². The minimum Gasteiger partial charge on any atom is -0.373 e. The number of hydrogen-bond acceptors (Lipinski definition) is 4. The maximum Gasteiger partial charge on any atom is 0.251 e. The summed E-state index contributed by atoms with van der Waals surface area (Å²) in [5.41, 5.74) is 1.65. The Morgan fingerprint density at radius 2 is 2.19 bits per heavy atom. The highest BCUT2D eigenvalue weighted by Gasteiger charge is 2.25. The highest BCUT2D eigenvalue weighted by molar-refractivity contribution is 5.95.